The maximum Gasteiger partial charge on any atom is 0.299 e. The predicted molar refractivity (Wildman–Crippen MR) is 149 cm³/mol. The molecule has 0 saturated carbocycles. The van der Waals surface area contributed by atoms with Gasteiger partial charge >= 0.3 is 0 Å². The number of carbonyl (C=O) groups is 2. The molecule has 3 atom stereocenters. The molecule has 1 aliphatic rings. The minimum atomic E-state index is -4.15. The number of nitrogens with zero attached hydrogens (tertiary/aromatic N) is 4. The summed E-state index contributed by atoms with van der Waals surface area (Å²) in [5, 5.41) is 7.32. The summed E-state index contributed by atoms with van der Waals surface area (Å²) in [5.74, 6) is -1.30. The van der Waals surface area contributed by atoms with Crippen molar-refractivity contribution in [3.05, 3.63) is 71.8 Å². The number of anilines is 1. The molecule has 1 aliphatic heterocycles. The zero-order chi connectivity index (χ0) is 28.9. The van der Waals surface area contributed by atoms with E-state index >= 15 is 0 Å². The fourth-order valence-electron chi connectivity index (χ4n) is 4.58. The summed E-state index contributed by atoms with van der Waals surface area (Å²) in [6.07, 6.45) is 1.39. The Morgan fingerprint density at radius 2 is 1.93 bits per heavy atom. The van der Waals surface area contributed by atoms with E-state index in [2.05, 4.69) is 24.8 Å². The summed E-state index contributed by atoms with van der Waals surface area (Å²) >= 11 is 6.16. The lowest BCUT2D eigenvalue weighted by Gasteiger charge is -2.29. The third kappa shape index (κ3) is 7.55. The molecule has 0 aliphatic carbocycles. The van der Waals surface area contributed by atoms with Crippen LogP contribution in [0.2, 0.25) is 5.02 Å². The average Bonchev–Trinajstić information content (AvgIpc) is 3.56. The van der Waals surface area contributed by atoms with Crippen molar-refractivity contribution in [1.82, 2.24) is 29.7 Å². The van der Waals surface area contributed by atoms with Crippen LogP contribution in [0, 0.1) is 5.92 Å². The quantitative estimate of drug-likeness (QED) is 0.313. The number of amides is 2. The molecule has 40 heavy (non-hydrogen) atoms. The number of likely N-dealkylation sites (tertiary alicyclic amines) is 1. The van der Waals surface area contributed by atoms with Crippen molar-refractivity contribution in [2.24, 2.45) is 5.92 Å². The number of hydrogen-bond acceptors (Lipinski definition) is 6. The summed E-state index contributed by atoms with van der Waals surface area (Å²) in [6.45, 7) is 3.39. The minimum absolute atomic E-state index is 0.0348. The van der Waals surface area contributed by atoms with Crippen molar-refractivity contribution in [1.29, 1.82) is 0 Å². The number of halogens is 2. The van der Waals surface area contributed by atoms with Crippen LogP contribution in [-0.2, 0) is 26.3 Å². The van der Waals surface area contributed by atoms with Gasteiger partial charge in [-0.05, 0) is 48.2 Å². The highest BCUT2D eigenvalue weighted by molar-refractivity contribution is 7.90. The van der Waals surface area contributed by atoms with Crippen molar-refractivity contribution in [3.8, 4) is 5.69 Å². The normalized spacial score (nSPS) is 18.1. The van der Waals surface area contributed by atoms with Gasteiger partial charge in [-0.15, -0.1) is 0 Å². The maximum atomic E-state index is 14.6. The lowest BCUT2D eigenvalue weighted by molar-refractivity contribution is -0.140. The molecule has 1 aromatic heterocycles. The Labute approximate surface area is 237 Å². The second kappa shape index (κ2) is 12.7. The lowest BCUT2D eigenvalue weighted by Crippen LogP contribution is -2.54. The van der Waals surface area contributed by atoms with E-state index in [1.165, 1.54) is 17.3 Å². The van der Waals surface area contributed by atoms with Crippen LogP contribution in [-0.4, -0.2) is 64.7 Å². The van der Waals surface area contributed by atoms with E-state index in [-0.39, 0.29) is 31.8 Å². The molecule has 2 aromatic carbocycles. The lowest BCUT2D eigenvalue weighted by atomic mass is 10.0. The topological polar surface area (TPSA) is 138 Å². The third-order valence-electron chi connectivity index (χ3n) is 6.32. The van der Waals surface area contributed by atoms with Crippen LogP contribution >= 0.6 is 11.6 Å². The molecule has 214 valence electrons. The third-order valence-corrected chi connectivity index (χ3v) is 7.66. The molecule has 2 amide bonds. The molecular weight excluding hydrogens is 561 g/mol. The van der Waals surface area contributed by atoms with Crippen LogP contribution in [0.25, 0.3) is 5.69 Å². The van der Waals surface area contributed by atoms with E-state index in [4.69, 9.17) is 11.6 Å². The van der Waals surface area contributed by atoms with E-state index in [1.54, 1.807) is 48.5 Å². The highest BCUT2D eigenvalue weighted by Gasteiger charge is 2.42. The number of hydrogen-bond donors (Lipinski definition) is 3. The molecule has 2 heterocycles. The predicted octanol–water partition coefficient (Wildman–Crippen LogP) is 2.84. The number of aromatic nitrogens is 3. The average molecular weight is 592 g/mol. The Kier molecular flexibility index (Phi) is 9.38. The Balaban J connectivity index is 1.49. The van der Waals surface area contributed by atoms with Crippen molar-refractivity contribution < 1.29 is 22.4 Å². The van der Waals surface area contributed by atoms with E-state index in [0.29, 0.717) is 22.0 Å². The van der Waals surface area contributed by atoms with Gasteiger partial charge in [0.1, 0.15) is 30.9 Å². The number of para-hydroxylation sites is 1. The number of rotatable bonds is 11. The van der Waals surface area contributed by atoms with E-state index in [9.17, 15) is 22.4 Å². The Morgan fingerprint density at radius 3 is 2.60 bits per heavy atom. The molecule has 0 radical (unpaired) electrons. The van der Waals surface area contributed by atoms with Crippen molar-refractivity contribution in [2.75, 3.05) is 11.3 Å². The van der Waals surface area contributed by atoms with Crippen LogP contribution in [0.4, 0.5) is 10.1 Å². The van der Waals surface area contributed by atoms with E-state index < -0.39 is 40.3 Å². The van der Waals surface area contributed by atoms with Gasteiger partial charge in [-0.3, -0.25) is 14.3 Å². The largest absolute Gasteiger partial charge is 0.350 e. The van der Waals surface area contributed by atoms with Gasteiger partial charge in [0.2, 0.25) is 11.8 Å². The van der Waals surface area contributed by atoms with Gasteiger partial charge in [0, 0.05) is 23.7 Å². The van der Waals surface area contributed by atoms with Gasteiger partial charge in [0.25, 0.3) is 10.2 Å². The van der Waals surface area contributed by atoms with Gasteiger partial charge in [-0.2, -0.15) is 18.2 Å². The molecule has 3 aromatic rings. The number of carbonyl (C=O) groups excluding carboxylic acids is 2. The Bertz CT molecular complexity index is 1420. The Hall–Kier alpha value is -3.55. The Morgan fingerprint density at radius 1 is 1.18 bits per heavy atom. The van der Waals surface area contributed by atoms with Crippen LogP contribution in [0.1, 0.15) is 32.3 Å². The van der Waals surface area contributed by atoms with Gasteiger partial charge in [-0.1, -0.05) is 43.6 Å². The number of alkyl halides is 1. The number of nitrogens with one attached hydrogen (secondary N) is 3. The zero-order valence-corrected chi connectivity index (χ0v) is 23.6. The van der Waals surface area contributed by atoms with Crippen LogP contribution in [0.5, 0.6) is 0 Å². The molecule has 1 fully saturated rings. The van der Waals surface area contributed by atoms with E-state index in [0.717, 1.165) is 4.90 Å². The molecule has 1 saturated heterocycles. The standard InChI is InChI=1S/C26H31ClFN7O4S/c1-17(2)10-22(33-40(38,39)32-21-6-4-3-5-7-21)26(37)34-14-20(28)12-24(34)25(36)30-13-18-11-19(27)8-9-23(18)35-16-29-15-31-35/h3-9,11,15-17,20,22,24,32-33H,10,12-14H2,1-2H3,(H,30,36)/t20-,22-,24-/m0/s1. The molecule has 0 bridgehead atoms. The first-order chi connectivity index (χ1) is 19.0. The van der Waals surface area contributed by atoms with Crippen molar-refractivity contribution >= 4 is 39.3 Å². The first-order valence-corrected chi connectivity index (χ1v) is 14.6. The highest BCUT2D eigenvalue weighted by atomic mass is 35.5. The highest BCUT2D eigenvalue weighted by Crippen LogP contribution is 2.24. The molecule has 0 spiro atoms. The van der Waals surface area contributed by atoms with Crippen LogP contribution in [0.3, 0.4) is 0 Å². The molecule has 0 unspecified atom stereocenters. The monoisotopic (exact) mass is 591 g/mol. The summed E-state index contributed by atoms with van der Waals surface area (Å²) in [4.78, 5) is 31.9. The minimum Gasteiger partial charge on any atom is -0.350 e. The molecule has 11 nitrogen and oxygen atoms in total. The SMILES string of the molecule is CC(C)C[C@H](NS(=O)(=O)Nc1ccccc1)C(=O)N1C[C@@H](F)C[C@H]1C(=O)NCc1cc(Cl)ccc1-n1cncn1. The molecule has 3 N–H and O–H groups in total. The van der Waals surface area contributed by atoms with Crippen molar-refractivity contribution in [3.63, 3.8) is 0 Å². The zero-order valence-electron chi connectivity index (χ0n) is 22.0. The number of benzene rings is 2. The molecule has 14 heteroatoms. The fraction of sp³-hybridized carbons (Fsp3) is 0.385. The molecular formula is C26H31ClFN7O4S. The van der Waals surface area contributed by atoms with Gasteiger partial charge in [-0.25, -0.2) is 14.1 Å². The molecule has 4 rings (SSSR count). The van der Waals surface area contributed by atoms with Crippen LogP contribution in [0.15, 0.2) is 61.2 Å². The van der Waals surface area contributed by atoms with Gasteiger partial charge in [0.05, 0.1) is 12.2 Å². The smallest absolute Gasteiger partial charge is 0.299 e. The maximum absolute atomic E-state index is 14.6. The second-order valence-electron chi connectivity index (χ2n) is 9.94. The summed E-state index contributed by atoms with van der Waals surface area (Å²) < 4.78 is 46.6. The van der Waals surface area contributed by atoms with E-state index in [1.807, 2.05) is 13.8 Å². The summed E-state index contributed by atoms with van der Waals surface area (Å²) in [5.41, 5.74) is 1.60. The van der Waals surface area contributed by atoms with Gasteiger partial charge < -0.3 is 10.2 Å². The van der Waals surface area contributed by atoms with Crippen molar-refractivity contribution in [2.45, 2.75) is 51.5 Å². The van der Waals surface area contributed by atoms with Gasteiger partial charge in [0.15, 0.2) is 0 Å². The summed E-state index contributed by atoms with van der Waals surface area (Å²) in [6, 6.07) is 11.0. The fourth-order valence-corrected chi connectivity index (χ4v) is 5.85. The first kappa shape index (κ1) is 29.4. The van der Waals surface area contributed by atoms with Crippen LogP contribution < -0.4 is 14.8 Å². The second-order valence-corrected chi connectivity index (χ2v) is 11.8. The summed E-state index contributed by atoms with van der Waals surface area (Å²) in [7, 11) is -4.15. The first-order valence-electron chi connectivity index (χ1n) is 12.7.